The Morgan fingerprint density at radius 1 is 1.47 bits per heavy atom. The van der Waals surface area contributed by atoms with Crippen molar-refractivity contribution in [2.24, 2.45) is 0 Å². The van der Waals surface area contributed by atoms with Gasteiger partial charge in [-0.2, -0.15) is 0 Å². The van der Waals surface area contributed by atoms with Gasteiger partial charge in [0.1, 0.15) is 15.9 Å². The summed E-state index contributed by atoms with van der Waals surface area (Å²) >= 11 is 1.28. The third kappa shape index (κ3) is 7.31. The fourth-order valence-electron chi connectivity index (χ4n) is 0.825. The summed E-state index contributed by atoms with van der Waals surface area (Å²) in [6.45, 7) is 13.5. The van der Waals surface area contributed by atoms with Crippen molar-refractivity contribution in [3.63, 3.8) is 0 Å². The summed E-state index contributed by atoms with van der Waals surface area (Å²) < 4.78 is 10.4. The van der Waals surface area contributed by atoms with Crippen LogP contribution in [-0.4, -0.2) is 23.4 Å². The Bertz CT molecular complexity index is 230. The van der Waals surface area contributed by atoms with Crippen LogP contribution in [0.5, 0.6) is 0 Å². The molecule has 1 unspecified atom stereocenters. The van der Waals surface area contributed by atoms with Crippen molar-refractivity contribution in [2.45, 2.75) is 45.5 Å². The lowest BCUT2D eigenvalue weighted by molar-refractivity contribution is -0.153. The lowest BCUT2D eigenvalue weighted by Crippen LogP contribution is -2.28. The van der Waals surface area contributed by atoms with Crippen LogP contribution in [-0.2, 0) is 14.3 Å². The zero-order valence-electron chi connectivity index (χ0n) is 10.1. The second-order valence-corrected chi connectivity index (χ2v) is 5.50. The molecular formula is C11H20O3S. The molecule has 0 aliphatic heterocycles. The lowest BCUT2D eigenvalue weighted by Gasteiger charge is -2.22. The van der Waals surface area contributed by atoms with Crippen LogP contribution >= 0.6 is 11.8 Å². The van der Waals surface area contributed by atoms with E-state index in [1.165, 1.54) is 11.8 Å². The van der Waals surface area contributed by atoms with Gasteiger partial charge in [-0.3, -0.25) is 4.79 Å². The van der Waals surface area contributed by atoms with E-state index < -0.39 is 5.60 Å². The van der Waals surface area contributed by atoms with E-state index in [9.17, 15) is 4.79 Å². The number of rotatable bonds is 5. The van der Waals surface area contributed by atoms with Gasteiger partial charge in [-0.1, -0.05) is 11.8 Å². The number of carbonyl (C=O) groups excluding carboxylic acids is 1. The maximum Gasteiger partial charge on any atom is 0.319 e. The van der Waals surface area contributed by atoms with Crippen LogP contribution < -0.4 is 0 Å². The van der Waals surface area contributed by atoms with Crippen molar-refractivity contribution in [2.75, 3.05) is 6.61 Å². The van der Waals surface area contributed by atoms with Crippen LogP contribution in [0.25, 0.3) is 0 Å². The van der Waals surface area contributed by atoms with Gasteiger partial charge in [0.05, 0.1) is 6.61 Å². The van der Waals surface area contributed by atoms with E-state index in [1.54, 1.807) is 6.92 Å². The molecule has 0 radical (unpaired) electrons. The van der Waals surface area contributed by atoms with E-state index in [4.69, 9.17) is 9.47 Å². The zero-order chi connectivity index (χ0) is 12.1. The number of esters is 1. The highest BCUT2D eigenvalue weighted by atomic mass is 32.2. The molecule has 0 aromatic rings. The van der Waals surface area contributed by atoms with Crippen LogP contribution in [0.3, 0.4) is 0 Å². The number of hydrogen-bond donors (Lipinski definition) is 0. The molecule has 1 atom stereocenters. The standard InChI is InChI=1S/C11H20O3S/c1-7-13-9(3)15-8(2)10(12)14-11(4,5)6/h8H,3,7H2,1-2,4-6H3. The van der Waals surface area contributed by atoms with Crippen LogP contribution in [0.15, 0.2) is 11.7 Å². The lowest BCUT2D eigenvalue weighted by atomic mass is 10.2. The average molecular weight is 232 g/mol. The fraction of sp³-hybridized carbons (Fsp3) is 0.727. The Kier molecular flexibility index (Phi) is 5.80. The minimum absolute atomic E-state index is 0.242. The number of ether oxygens (including phenoxy) is 2. The maximum atomic E-state index is 11.6. The van der Waals surface area contributed by atoms with Gasteiger partial charge in [0.2, 0.25) is 0 Å². The minimum atomic E-state index is -0.446. The Morgan fingerprint density at radius 3 is 2.40 bits per heavy atom. The molecule has 0 heterocycles. The van der Waals surface area contributed by atoms with E-state index in [-0.39, 0.29) is 11.2 Å². The van der Waals surface area contributed by atoms with Gasteiger partial charge in [0, 0.05) is 0 Å². The molecule has 0 aliphatic carbocycles. The van der Waals surface area contributed by atoms with Gasteiger partial charge >= 0.3 is 5.97 Å². The van der Waals surface area contributed by atoms with Gasteiger partial charge in [0.15, 0.2) is 0 Å². The first-order valence-corrected chi connectivity index (χ1v) is 5.85. The highest BCUT2D eigenvalue weighted by Crippen LogP contribution is 2.23. The van der Waals surface area contributed by atoms with Crippen LogP contribution in [0.4, 0.5) is 0 Å². The van der Waals surface area contributed by atoms with E-state index in [0.717, 1.165) is 0 Å². The summed E-state index contributed by atoms with van der Waals surface area (Å²) in [6, 6.07) is 0. The van der Waals surface area contributed by atoms with Gasteiger partial charge in [-0.15, -0.1) is 0 Å². The summed E-state index contributed by atoms with van der Waals surface area (Å²) in [7, 11) is 0. The average Bonchev–Trinajstić information content (AvgIpc) is 2.00. The van der Waals surface area contributed by atoms with Crippen molar-refractivity contribution >= 4 is 17.7 Å². The molecule has 4 heteroatoms. The Morgan fingerprint density at radius 2 is 2.00 bits per heavy atom. The summed E-state index contributed by atoms with van der Waals surface area (Å²) in [5.41, 5.74) is -0.446. The number of thioether (sulfide) groups is 1. The molecule has 88 valence electrons. The molecule has 0 saturated carbocycles. The van der Waals surface area contributed by atoms with Gasteiger partial charge in [-0.25, -0.2) is 0 Å². The van der Waals surface area contributed by atoms with Crippen molar-refractivity contribution in [1.82, 2.24) is 0 Å². The molecule has 0 bridgehead atoms. The molecule has 0 saturated heterocycles. The highest BCUT2D eigenvalue weighted by Gasteiger charge is 2.22. The topological polar surface area (TPSA) is 35.5 Å². The van der Waals surface area contributed by atoms with Crippen LogP contribution in [0.1, 0.15) is 34.6 Å². The summed E-state index contributed by atoms with van der Waals surface area (Å²) in [5, 5.41) is 0.263. The zero-order valence-corrected chi connectivity index (χ0v) is 10.9. The van der Waals surface area contributed by atoms with E-state index in [2.05, 4.69) is 6.58 Å². The van der Waals surface area contributed by atoms with Crippen molar-refractivity contribution in [3.05, 3.63) is 11.7 Å². The summed E-state index contributed by atoms with van der Waals surface area (Å²) in [4.78, 5) is 11.6. The molecule has 0 fully saturated rings. The van der Waals surface area contributed by atoms with E-state index in [0.29, 0.717) is 11.7 Å². The second kappa shape index (κ2) is 6.05. The van der Waals surface area contributed by atoms with Gasteiger partial charge in [0.25, 0.3) is 0 Å². The number of carbonyl (C=O) groups is 1. The first-order chi connectivity index (χ1) is 6.76. The molecule has 3 nitrogen and oxygen atoms in total. The molecule has 0 aliphatic rings. The SMILES string of the molecule is C=C(OCC)SC(C)C(=O)OC(C)(C)C. The van der Waals surface area contributed by atoms with E-state index in [1.807, 2.05) is 27.7 Å². The van der Waals surface area contributed by atoms with Gasteiger partial charge < -0.3 is 9.47 Å². The first kappa shape index (κ1) is 14.4. The monoisotopic (exact) mass is 232 g/mol. The first-order valence-electron chi connectivity index (χ1n) is 4.97. The molecule has 0 N–H and O–H groups in total. The molecule has 0 aromatic heterocycles. The van der Waals surface area contributed by atoms with Crippen LogP contribution in [0, 0.1) is 0 Å². The largest absolute Gasteiger partial charge is 0.488 e. The van der Waals surface area contributed by atoms with Crippen molar-refractivity contribution in [3.8, 4) is 0 Å². The molecule has 0 rings (SSSR count). The second-order valence-electron chi connectivity index (χ2n) is 4.10. The Labute approximate surface area is 96.2 Å². The third-order valence-electron chi connectivity index (χ3n) is 1.35. The minimum Gasteiger partial charge on any atom is -0.488 e. The predicted molar refractivity (Wildman–Crippen MR) is 63.7 cm³/mol. The molecule has 0 amide bonds. The Hall–Kier alpha value is -0.640. The van der Waals surface area contributed by atoms with Crippen molar-refractivity contribution < 1.29 is 14.3 Å². The Balaban J connectivity index is 4.05. The summed E-state index contributed by atoms with van der Waals surface area (Å²) in [5.74, 6) is -0.242. The van der Waals surface area contributed by atoms with Gasteiger partial charge in [-0.05, 0) is 41.2 Å². The van der Waals surface area contributed by atoms with Crippen molar-refractivity contribution in [1.29, 1.82) is 0 Å². The third-order valence-corrected chi connectivity index (χ3v) is 2.28. The summed E-state index contributed by atoms with van der Waals surface area (Å²) in [6.07, 6.45) is 0. The quantitative estimate of drug-likeness (QED) is 0.539. The highest BCUT2D eigenvalue weighted by molar-refractivity contribution is 8.04. The molecular weight excluding hydrogens is 212 g/mol. The maximum absolute atomic E-state index is 11.6. The number of hydrogen-bond acceptors (Lipinski definition) is 4. The van der Waals surface area contributed by atoms with Crippen LogP contribution in [0.2, 0.25) is 0 Å². The molecule has 0 aromatic carbocycles. The molecule has 15 heavy (non-hydrogen) atoms. The normalized spacial score (nSPS) is 13.1. The predicted octanol–water partition coefficient (Wildman–Crippen LogP) is 2.96. The smallest absolute Gasteiger partial charge is 0.319 e. The van der Waals surface area contributed by atoms with E-state index >= 15 is 0 Å². The fourth-order valence-corrected chi connectivity index (χ4v) is 1.55. The molecule has 0 spiro atoms.